The number of hydrogen-bond acceptors (Lipinski definition) is 5. The Morgan fingerprint density at radius 3 is 2.52 bits per heavy atom. The van der Waals surface area contributed by atoms with Gasteiger partial charge in [-0.25, -0.2) is 0 Å². The molecule has 6 heteroatoms. The van der Waals surface area contributed by atoms with Gasteiger partial charge in [0.1, 0.15) is 11.7 Å². The number of amides is 1. The van der Waals surface area contributed by atoms with E-state index in [1.807, 2.05) is 24.3 Å². The first-order valence-corrected chi connectivity index (χ1v) is 7.56. The molecule has 1 aliphatic heterocycles. The number of benzene rings is 1. The van der Waals surface area contributed by atoms with Crippen LogP contribution in [0.15, 0.2) is 24.3 Å². The second kappa shape index (κ2) is 7.76. The van der Waals surface area contributed by atoms with Gasteiger partial charge in [0.15, 0.2) is 5.78 Å². The summed E-state index contributed by atoms with van der Waals surface area (Å²) in [5.41, 5.74) is 1.04. The minimum atomic E-state index is -0.848. The maximum Gasteiger partial charge on any atom is 0.318 e. The van der Waals surface area contributed by atoms with E-state index in [-0.39, 0.29) is 24.7 Å². The number of rotatable bonds is 5. The van der Waals surface area contributed by atoms with Gasteiger partial charge in [-0.3, -0.25) is 14.4 Å². The first-order valence-electron chi connectivity index (χ1n) is 7.56. The summed E-state index contributed by atoms with van der Waals surface area (Å²) in [4.78, 5) is 37.2. The normalized spacial score (nSPS) is 17.7. The van der Waals surface area contributed by atoms with Crippen LogP contribution in [0.5, 0.6) is 5.75 Å². The van der Waals surface area contributed by atoms with Crippen LogP contribution < -0.4 is 4.74 Å². The Kier molecular flexibility index (Phi) is 5.73. The fourth-order valence-electron chi connectivity index (χ4n) is 2.61. The van der Waals surface area contributed by atoms with Crippen LogP contribution in [-0.4, -0.2) is 49.9 Å². The number of ketones is 1. The molecule has 124 valence electrons. The van der Waals surface area contributed by atoms with E-state index < -0.39 is 11.9 Å². The molecule has 1 aromatic carbocycles. The zero-order chi connectivity index (χ0) is 16.8. The van der Waals surface area contributed by atoms with Crippen LogP contribution in [0.4, 0.5) is 0 Å². The van der Waals surface area contributed by atoms with E-state index in [1.54, 1.807) is 12.0 Å². The van der Waals surface area contributed by atoms with Gasteiger partial charge in [0.05, 0.1) is 14.2 Å². The van der Waals surface area contributed by atoms with Gasteiger partial charge in [-0.05, 0) is 24.1 Å². The number of carbonyl (C=O) groups excluding carboxylic acids is 3. The molecule has 1 heterocycles. The molecule has 1 fully saturated rings. The van der Waals surface area contributed by atoms with Crippen LogP contribution in [0.1, 0.15) is 18.4 Å². The third-order valence-electron chi connectivity index (χ3n) is 4.04. The predicted molar refractivity (Wildman–Crippen MR) is 83.0 cm³/mol. The van der Waals surface area contributed by atoms with E-state index >= 15 is 0 Å². The van der Waals surface area contributed by atoms with Crippen molar-refractivity contribution in [3.63, 3.8) is 0 Å². The molecule has 1 saturated heterocycles. The van der Waals surface area contributed by atoms with Crippen LogP contribution in [0.3, 0.4) is 0 Å². The molecular weight excluding hydrogens is 298 g/mol. The molecule has 2 rings (SSSR count). The number of piperidine rings is 1. The number of esters is 1. The summed E-state index contributed by atoms with van der Waals surface area (Å²) < 4.78 is 9.72. The number of Topliss-reactive ketones (excluding diaryl/α,β-unsaturated/α-hetero) is 1. The molecule has 0 saturated carbocycles. The fraction of sp³-hybridized carbons (Fsp3) is 0.471. The van der Waals surface area contributed by atoms with E-state index in [4.69, 9.17) is 4.74 Å². The van der Waals surface area contributed by atoms with Gasteiger partial charge in [-0.2, -0.15) is 0 Å². The second-order valence-corrected chi connectivity index (χ2v) is 5.48. The van der Waals surface area contributed by atoms with Crippen LogP contribution in [0, 0.1) is 5.92 Å². The summed E-state index contributed by atoms with van der Waals surface area (Å²) in [7, 11) is 2.86. The number of nitrogens with zero attached hydrogens (tertiary/aromatic N) is 1. The Labute approximate surface area is 135 Å². The molecule has 0 bridgehead atoms. The molecule has 1 unspecified atom stereocenters. The molecule has 23 heavy (non-hydrogen) atoms. The Morgan fingerprint density at radius 1 is 1.22 bits per heavy atom. The predicted octanol–water partition coefficient (Wildman–Crippen LogP) is 1.22. The standard InChI is InChI=1S/C17H21NO5/c1-22-13-6-3-12(4-7-13)5-8-16(20)18-10-9-15(19)14(11-18)17(21)23-2/h3-4,6-7,14H,5,8-11H2,1-2H3. The monoisotopic (exact) mass is 319 g/mol. The molecule has 6 nitrogen and oxygen atoms in total. The van der Waals surface area contributed by atoms with E-state index in [0.29, 0.717) is 19.4 Å². The summed E-state index contributed by atoms with van der Waals surface area (Å²) in [6.07, 6.45) is 1.15. The van der Waals surface area contributed by atoms with Gasteiger partial charge in [-0.1, -0.05) is 12.1 Å². The number of aryl methyl sites for hydroxylation is 1. The van der Waals surface area contributed by atoms with Crippen molar-refractivity contribution in [1.82, 2.24) is 4.90 Å². The zero-order valence-corrected chi connectivity index (χ0v) is 13.4. The van der Waals surface area contributed by atoms with E-state index in [2.05, 4.69) is 4.74 Å². The van der Waals surface area contributed by atoms with E-state index in [1.165, 1.54) is 7.11 Å². The van der Waals surface area contributed by atoms with E-state index in [9.17, 15) is 14.4 Å². The molecule has 0 aromatic heterocycles. The quantitative estimate of drug-likeness (QED) is 0.603. The topological polar surface area (TPSA) is 72.9 Å². The summed E-state index contributed by atoms with van der Waals surface area (Å²) >= 11 is 0. The van der Waals surface area contributed by atoms with Gasteiger partial charge in [-0.15, -0.1) is 0 Å². The highest BCUT2D eigenvalue weighted by Gasteiger charge is 2.35. The molecule has 0 spiro atoms. The average Bonchev–Trinajstić information content (AvgIpc) is 2.59. The SMILES string of the molecule is COC(=O)C1CN(C(=O)CCc2ccc(OC)cc2)CCC1=O. The number of ether oxygens (including phenoxy) is 2. The van der Waals surface area contributed by atoms with Crippen LogP contribution in [0.25, 0.3) is 0 Å². The largest absolute Gasteiger partial charge is 0.497 e. The number of carbonyl (C=O) groups is 3. The summed E-state index contributed by atoms with van der Waals surface area (Å²) in [6.45, 7) is 0.487. The number of likely N-dealkylation sites (tertiary alicyclic amines) is 1. The molecule has 0 aliphatic carbocycles. The number of methoxy groups -OCH3 is 2. The summed E-state index contributed by atoms with van der Waals surface area (Å²) in [6, 6.07) is 7.55. The highest BCUT2D eigenvalue weighted by atomic mass is 16.5. The molecule has 1 aliphatic rings. The first kappa shape index (κ1) is 17.0. The smallest absolute Gasteiger partial charge is 0.318 e. The van der Waals surface area contributed by atoms with Crippen molar-refractivity contribution in [2.45, 2.75) is 19.3 Å². The van der Waals surface area contributed by atoms with Crippen molar-refractivity contribution in [2.75, 3.05) is 27.3 Å². The highest BCUT2D eigenvalue weighted by molar-refractivity contribution is 6.00. The Morgan fingerprint density at radius 2 is 1.91 bits per heavy atom. The minimum Gasteiger partial charge on any atom is -0.497 e. The van der Waals surface area contributed by atoms with Crippen molar-refractivity contribution in [2.24, 2.45) is 5.92 Å². The van der Waals surface area contributed by atoms with Gasteiger partial charge >= 0.3 is 5.97 Å². The Balaban J connectivity index is 1.89. The van der Waals surface area contributed by atoms with Gasteiger partial charge < -0.3 is 14.4 Å². The summed E-state index contributed by atoms with van der Waals surface area (Å²) in [5, 5.41) is 0. The van der Waals surface area contributed by atoms with Crippen LogP contribution >= 0.6 is 0 Å². The third kappa shape index (κ3) is 4.31. The zero-order valence-electron chi connectivity index (χ0n) is 13.4. The van der Waals surface area contributed by atoms with Crippen molar-refractivity contribution in [3.05, 3.63) is 29.8 Å². The molecular formula is C17H21NO5. The second-order valence-electron chi connectivity index (χ2n) is 5.48. The number of hydrogen-bond donors (Lipinski definition) is 0. The fourth-order valence-corrected chi connectivity index (χ4v) is 2.61. The highest BCUT2D eigenvalue weighted by Crippen LogP contribution is 2.17. The average molecular weight is 319 g/mol. The summed E-state index contributed by atoms with van der Waals surface area (Å²) in [5.74, 6) is -0.852. The molecule has 1 amide bonds. The van der Waals surface area contributed by atoms with Crippen LogP contribution in [0.2, 0.25) is 0 Å². The lowest BCUT2D eigenvalue weighted by Crippen LogP contribution is -2.47. The van der Waals surface area contributed by atoms with E-state index in [0.717, 1.165) is 11.3 Å². The first-order chi connectivity index (χ1) is 11.0. The molecule has 1 atom stereocenters. The van der Waals surface area contributed by atoms with Crippen molar-refractivity contribution >= 4 is 17.7 Å². The minimum absolute atomic E-state index is 0.0535. The lowest BCUT2D eigenvalue weighted by molar-refractivity contribution is -0.153. The van der Waals surface area contributed by atoms with Crippen molar-refractivity contribution in [3.8, 4) is 5.75 Å². The van der Waals surface area contributed by atoms with Crippen molar-refractivity contribution in [1.29, 1.82) is 0 Å². The Hall–Kier alpha value is -2.37. The van der Waals surface area contributed by atoms with Gasteiger partial charge in [0.2, 0.25) is 5.91 Å². The molecule has 0 N–H and O–H groups in total. The lowest BCUT2D eigenvalue weighted by atomic mass is 9.96. The van der Waals surface area contributed by atoms with Crippen LogP contribution in [-0.2, 0) is 25.5 Å². The Bertz CT molecular complexity index is 573. The maximum atomic E-state index is 12.3. The maximum absolute atomic E-state index is 12.3. The van der Waals surface area contributed by atoms with Gasteiger partial charge in [0, 0.05) is 25.9 Å². The molecule has 1 aromatic rings. The molecule has 0 radical (unpaired) electrons. The lowest BCUT2D eigenvalue weighted by Gasteiger charge is -2.30. The van der Waals surface area contributed by atoms with Gasteiger partial charge in [0.25, 0.3) is 0 Å². The van der Waals surface area contributed by atoms with Crippen molar-refractivity contribution < 1.29 is 23.9 Å². The third-order valence-corrected chi connectivity index (χ3v) is 4.04.